The van der Waals surface area contributed by atoms with Crippen LogP contribution in [0.3, 0.4) is 0 Å². The van der Waals surface area contributed by atoms with Gasteiger partial charge in [-0.15, -0.1) is 0 Å². The minimum atomic E-state index is -0.141. The Hall–Kier alpha value is -3.09. The van der Waals surface area contributed by atoms with Crippen LogP contribution < -0.4 is 10.6 Å². The number of anilines is 1. The van der Waals surface area contributed by atoms with Crippen LogP contribution in [0.15, 0.2) is 36.8 Å². The van der Waals surface area contributed by atoms with Crippen molar-refractivity contribution < 1.29 is 4.79 Å². The van der Waals surface area contributed by atoms with Gasteiger partial charge in [-0.3, -0.25) is 9.78 Å². The molecule has 0 bridgehead atoms. The molecule has 7 heteroatoms. The number of carbonyl (C=O) groups is 1. The average molecular weight is 322 g/mol. The molecule has 3 aromatic rings. The molecule has 2 aromatic heterocycles. The molecule has 24 heavy (non-hydrogen) atoms. The summed E-state index contributed by atoms with van der Waals surface area (Å²) in [7, 11) is 0. The van der Waals surface area contributed by atoms with Gasteiger partial charge in [-0.05, 0) is 32.0 Å². The van der Waals surface area contributed by atoms with Crippen LogP contribution in [-0.4, -0.2) is 38.9 Å². The second kappa shape index (κ2) is 6.99. The molecule has 0 saturated heterocycles. The van der Waals surface area contributed by atoms with Crippen molar-refractivity contribution in [1.82, 2.24) is 25.3 Å². The molecule has 0 aliphatic carbocycles. The predicted octanol–water partition coefficient (Wildman–Crippen LogP) is 1.88. The lowest BCUT2D eigenvalue weighted by Crippen LogP contribution is -2.28. The van der Waals surface area contributed by atoms with Crippen molar-refractivity contribution >= 4 is 22.8 Å². The van der Waals surface area contributed by atoms with E-state index in [4.69, 9.17) is 0 Å². The van der Waals surface area contributed by atoms with E-state index in [9.17, 15) is 4.79 Å². The van der Waals surface area contributed by atoms with Gasteiger partial charge in [-0.1, -0.05) is 0 Å². The average Bonchev–Trinajstić information content (AvgIpc) is 2.60. The number of aromatic nitrogens is 4. The Morgan fingerprint density at radius 3 is 2.58 bits per heavy atom. The number of fused-ring (bicyclic) bond motifs is 1. The molecule has 7 nitrogen and oxygen atoms in total. The second-order valence-corrected chi connectivity index (χ2v) is 5.37. The molecule has 0 saturated carbocycles. The van der Waals surface area contributed by atoms with Gasteiger partial charge in [0.05, 0.1) is 28.6 Å². The van der Waals surface area contributed by atoms with Crippen LogP contribution in [-0.2, 0) is 0 Å². The zero-order valence-corrected chi connectivity index (χ0v) is 13.6. The van der Waals surface area contributed by atoms with Gasteiger partial charge in [0.15, 0.2) is 0 Å². The Balaban J connectivity index is 1.60. The first-order valence-electron chi connectivity index (χ1n) is 7.66. The summed E-state index contributed by atoms with van der Waals surface area (Å²) in [4.78, 5) is 29.3. The molecule has 0 fully saturated rings. The van der Waals surface area contributed by atoms with Crippen LogP contribution in [0.4, 0.5) is 5.82 Å². The highest BCUT2D eigenvalue weighted by Crippen LogP contribution is 2.14. The molecule has 3 rings (SSSR count). The van der Waals surface area contributed by atoms with Crippen molar-refractivity contribution in [1.29, 1.82) is 0 Å². The van der Waals surface area contributed by atoms with Crippen molar-refractivity contribution in [2.24, 2.45) is 0 Å². The van der Waals surface area contributed by atoms with Gasteiger partial charge in [-0.2, -0.15) is 0 Å². The molecular formula is C17H18N6O. The number of amides is 1. The fourth-order valence-electron chi connectivity index (χ4n) is 2.23. The minimum absolute atomic E-state index is 0.141. The fourth-order valence-corrected chi connectivity index (χ4v) is 2.23. The summed E-state index contributed by atoms with van der Waals surface area (Å²) in [6.45, 7) is 4.88. The van der Waals surface area contributed by atoms with Gasteiger partial charge < -0.3 is 10.6 Å². The number of rotatable bonds is 5. The van der Waals surface area contributed by atoms with Crippen molar-refractivity contribution in [2.45, 2.75) is 13.8 Å². The van der Waals surface area contributed by atoms with E-state index in [-0.39, 0.29) is 5.91 Å². The van der Waals surface area contributed by atoms with Crippen molar-refractivity contribution in [3.8, 4) is 0 Å². The maximum Gasteiger partial charge on any atom is 0.251 e. The second-order valence-electron chi connectivity index (χ2n) is 5.37. The minimum Gasteiger partial charge on any atom is -0.367 e. The zero-order chi connectivity index (χ0) is 16.9. The van der Waals surface area contributed by atoms with Crippen molar-refractivity contribution in [2.75, 3.05) is 18.4 Å². The van der Waals surface area contributed by atoms with Crippen LogP contribution in [0.1, 0.15) is 21.7 Å². The normalized spacial score (nSPS) is 10.6. The third-order valence-electron chi connectivity index (χ3n) is 3.62. The Kier molecular flexibility index (Phi) is 4.60. The molecule has 0 radical (unpaired) electrons. The van der Waals surface area contributed by atoms with Crippen LogP contribution >= 0.6 is 0 Å². The standard InChI is InChI=1S/C17H18N6O/c1-11-12(2)23-15-9-13(3-4-14(15)22-11)17(24)21-8-7-20-16-10-18-5-6-19-16/h3-6,9-10H,7-8H2,1-2H3,(H,19,20)(H,21,24). The fraction of sp³-hybridized carbons (Fsp3) is 0.235. The molecule has 0 spiro atoms. The van der Waals surface area contributed by atoms with E-state index >= 15 is 0 Å². The maximum atomic E-state index is 12.2. The summed E-state index contributed by atoms with van der Waals surface area (Å²) >= 11 is 0. The first kappa shape index (κ1) is 15.8. The monoisotopic (exact) mass is 322 g/mol. The Morgan fingerprint density at radius 2 is 1.83 bits per heavy atom. The van der Waals surface area contributed by atoms with Crippen LogP contribution in [0.25, 0.3) is 11.0 Å². The molecule has 1 amide bonds. The molecule has 122 valence electrons. The van der Waals surface area contributed by atoms with Gasteiger partial charge in [0.1, 0.15) is 5.82 Å². The van der Waals surface area contributed by atoms with Gasteiger partial charge in [0.25, 0.3) is 5.91 Å². The van der Waals surface area contributed by atoms with E-state index in [2.05, 4.69) is 30.6 Å². The van der Waals surface area contributed by atoms with Gasteiger partial charge in [0.2, 0.25) is 0 Å². The first-order valence-corrected chi connectivity index (χ1v) is 7.66. The SMILES string of the molecule is Cc1nc2ccc(C(=O)NCCNc3cnccn3)cc2nc1C. The summed E-state index contributed by atoms with van der Waals surface area (Å²) in [6, 6.07) is 5.35. The topological polar surface area (TPSA) is 92.7 Å². The molecule has 2 heterocycles. The molecule has 0 aliphatic heterocycles. The van der Waals surface area contributed by atoms with Gasteiger partial charge in [0, 0.05) is 31.0 Å². The van der Waals surface area contributed by atoms with Crippen molar-refractivity contribution in [3.63, 3.8) is 0 Å². The van der Waals surface area contributed by atoms with Crippen LogP contribution in [0.2, 0.25) is 0 Å². The largest absolute Gasteiger partial charge is 0.367 e. The van der Waals surface area contributed by atoms with Crippen LogP contribution in [0.5, 0.6) is 0 Å². The molecule has 0 unspecified atom stereocenters. The number of nitrogens with zero attached hydrogens (tertiary/aromatic N) is 4. The summed E-state index contributed by atoms with van der Waals surface area (Å²) in [5.41, 5.74) is 3.85. The molecular weight excluding hydrogens is 304 g/mol. The smallest absolute Gasteiger partial charge is 0.251 e. The van der Waals surface area contributed by atoms with Gasteiger partial charge in [-0.25, -0.2) is 15.0 Å². The van der Waals surface area contributed by atoms with E-state index < -0.39 is 0 Å². The number of hydrogen-bond acceptors (Lipinski definition) is 6. The molecule has 2 N–H and O–H groups in total. The first-order chi connectivity index (χ1) is 11.6. The quantitative estimate of drug-likeness (QED) is 0.697. The predicted molar refractivity (Wildman–Crippen MR) is 91.9 cm³/mol. The van der Waals surface area contributed by atoms with Crippen LogP contribution in [0, 0.1) is 13.8 Å². The summed E-state index contributed by atoms with van der Waals surface area (Å²) < 4.78 is 0. The Labute approximate surface area is 139 Å². The third-order valence-corrected chi connectivity index (χ3v) is 3.62. The maximum absolute atomic E-state index is 12.2. The Bertz CT molecular complexity index is 866. The van der Waals surface area contributed by atoms with Gasteiger partial charge >= 0.3 is 0 Å². The zero-order valence-electron chi connectivity index (χ0n) is 13.6. The summed E-state index contributed by atoms with van der Waals surface area (Å²) in [5.74, 6) is 0.538. The van der Waals surface area contributed by atoms with E-state index in [0.717, 1.165) is 22.4 Å². The Morgan fingerprint density at radius 1 is 1.04 bits per heavy atom. The number of aryl methyl sites for hydroxylation is 2. The lowest BCUT2D eigenvalue weighted by molar-refractivity contribution is 0.0955. The molecule has 0 aliphatic rings. The third kappa shape index (κ3) is 3.62. The van der Waals surface area contributed by atoms with E-state index in [1.165, 1.54) is 0 Å². The highest BCUT2D eigenvalue weighted by atomic mass is 16.1. The highest BCUT2D eigenvalue weighted by molar-refractivity contribution is 5.97. The highest BCUT2D eigenvalue weighted by Gasteiger charge is 2.08. The van der Waals surface area contributed by atoms with Crippen molar-refractivity contribution in [3.05, 3.63) is 53.7 Å². The van der Waals surface area contributed by atoms with E-state index in [1.807, 2.05) is 19.9 Å². The lowest BCUT2D eigenvalue weighted by atomic mass is 10.1. The summed E-state index contributed by atoms with van der Waals surface area (Å²) in [5, 5.41) is 5.95. The lowest BCUT2D eigenvalue weighted by Gasteiger charge is -2.08. The number of carbonyl (C=O) groups excluding carboxylic acids is 1. The van der Waals surface area contributed by atoms with E-state index in [0.29, 0.717) is 24.5 Å². The molecule has 1 aromatic carbocycles. The number of benzene rings is 1. The summed E-state index contributed by atoms with van der Waals surface area (Å²) in [6.07, 6.45) is 4.85. The number of hydrogen-bond donors (Lipinski definition) is 2. The number of nitrogens with one attached hydrogen (secondary N) is 2. The van der Waals surface area contributed by atoms with E-state index in [1.54, 1.807) is 30.7 Å². The molecule has 0 atom stereocenters.